The lowest BCUT2D eigenvalue weighted by atomic mass is 10.4. The van der Waals surface area contributed by atoms with Crippen LogP contribution in [-0.4, -0.2) is 32.6 Å². The molecule has 0 aliphatic heterocycles. The Bertz CT molecular complexity index is 501. The fourth-order valence-corrected chi connectivity index (χ4v) is 1.89. The van der Waals surface area contributed by atoms with Crippen molar-refractivity contribution in [2.75, 3.05) is 12.9 Å². The van der Waals surface area contributed by atoms with Crippen molar-refractivity contribution in [2.45, 2.75) is 18.8 Å². The Kier molecular flexibility index (Phi) is 3.63. The highest BCUT2D eigenvalue weighted by Gasteiger charge is 2.10. The predicted molar refractivity (Wildman–Crippen MR) is 63.7 cm³/mol. The van der Waals surface area contributed by atoms with Gasteiger partial charge in [0, 0.05) is 6.61 Å². The summed E-state index contributed by atoms with van der Waals surface area (Å²) in [6, 6.07) is 0. The van der Waals surface area contributed by atoms with Crippen molar-refractivity contribution in [2.24, 2.45) is 0 Å². The van der Waals surface area contributed by atoms with Crippen molar-refractivity contribution >= 4 is 34.4 Å². The van der Waals surface area contributed by atoms with E-state index in [0.29, 0.717) is 29.3 Å². The summed E-state index contributed by atoms with van der Waals surface area (Å²) in [5.41, 5.74) is 0.706. The zero-order valence-electron chi connectivity index (χ0n) is 8.97. The van der Waals surface area contributed by atoms with Gasteiger partial charge in [-0.2, -0.15) is 5.10 Å². The number of ether oxygens (including phenoxy) is 1. The van der Waals surface area contributed by atoms with E-state index in [1.54, 1.807) is 10.9 Å². The van der Waals surface area contributed by atoms with Crippen molar-refractivity contribution in [3.8, 4) is 0 Å². The van der Waals surface area contributed by atoms with Gasteiger partial charge in [0.05, 0.1) is 11.6 Å². The minimum absolute atomic E-state index is 0.376. The van der Waals surface area contributed by atoms with Crippen molar-refractivity contribution in [3.63, 3.8) is 0 Å². The Morgan fingerprint density at radius 3 is 3.00 bits per heavy atom. The number of hydrogen-bond donors (Lipinski definition) is 0. The molecule has 2 aromatic heterocycles. The Balaban J connectivity index is 2.47. The third-order valence-electron chi connectivity index (χ3n) is 2.03. The van der Waals surface area contributed by atoms with E-state index in [9.17, 15) is 0 Å². The average Bonchev–Trinajstić information content (AvgIpc) is 2.70. The lowest BCUT2D eigenvalue weighted by Gasteiger charge is -2.03. The molecule has 5 nitrogen and oxygen atoms in total. The van der Waals surface area contributed by atoms with Crippen LogP contribution in [0.4, 0.5) is 0 Å². The standard InChI is InChI=1S/C9H11ClN4OS/c1-3-15-5-14-8-6(4-11-14)7(10)12-9(13-8)16-2/h4H,3,5H2,1-2H3. The van der Waals surface area contributed by atoms with Gasteiger partial charge in [-0.1, -0.05) is 23.4 Å². The lowest BCUT2D eigenvalue weighted by Crippen LogP contribution is -2.05. The van der Waals surface area contributed by atoms with Crippen LogP contribution < -0.4 is 0 Å². The van der Waals surface area contributed by atoms with Crippen LogP contribution in [0.1, 0.15) is 6.92 Å². The van der Waals surface area contributed by atoms with Crippen molar-refractivity contribution in [1.29, 1.82) is 0 Å². The van der Waals surface area contributed by atoms with Crippen molar-refractivity contribution in [1.82, 2.24) is 19.7 Å². The van der Waals surface area contributed by atoms with E-state index in [0.717, 1.165) is 5.39 Å². The zero-order chi connectivity index (χ0) is 11.5. The highest BCUT2D eigenvalue weighted by atomic mass is 35.5. The van der Waals surface area contributed by atoms with Crippen LogP contribution in [0.2, 0.25) is 5.15 Å². The Morgan fingerprint density at radius 2 is 2.31 bits per heavy atom. The monoisotopic (exact) mass is 258 g/mol. The molecule has 0 radical (unpaired) electrons. The van der Waals surface area contributed by atoms with Gasteiger partial charge in [-0.15, -0.1) is 0 Å². The maximum atomic E-state index is 6.03. The van der Waals surface area contributed by atoms with Crippen LogP contribution >= 0.6 is 23.4 Å². The number of halogens is 1. The number of thioether (sulfide) groups is 1. The van der Waals surface area contributed by atoms with Gasteiger partial charge >= 0.3 is 0 Å². The molecule has 0 saturated heterocycles. The molecule has 0 fully saturated rings. The first-order valence-corrected chi connectivity index (χ1v) is 6.37. The number of rotatable bonds is 4. The Hall–Kier alpha value is -0.850. The molecule has 0 aromatic carbocycles. The molecule has 2 aromatic rings. The second kappa shape index (κ2) is 4.99. The van der Waals surface area contributed by atoms with Gasteiger partial charge in [-0.05, 0) is 13.2 Å². The first kappa shape index (κ1) is 11.6. The SMILES string of the molecule is CCOCn1ncc2c(Cl)nc(SC)nc21. The quantitative estimate of drug-likeness (QED) is 0.478. The van der Waals surface area contributed by atoms with Crippen LogP contribution in [0, 0.1) is 0 Å². The van der Waals surface area contributed by atoms with Gasteiger partial charge < -0.3 is 4.74 Å². The van der Waals surface area contributed by atoms with Crippen LogP contribution in [0.15, 0.2) is 11.4 Å². The van der Waals surface area contributed by atoms with Gasteiger partial charge in [-0.3, -0.25) is 0 Å². The molecule has 2 heterocycles. The highest BCUT2D eigenvalue weighted by Crippen LogP contribution is 2.22. The number of fused-ring (bicyclic) bond motifs is 1. The van der Waals surface area contributed by atoms with E-state index < -0.39 is 0 Å². The summed E-state index contributed by atoms with van der Waals surface area (Å²) in [7, 11) is 0. The molecule has 0 aliphatic carbocycles. The summed E-state index contributed by atoms with van der Waals surface area (Å²) >= 11 is 7.47. The van der Waals surface area contributed by atoms with Gasteiger partial charge in [0.25, 0.3) is 0 Å². The zero-order valence-corrected chi connectivity index (χ0v) is 10.5. The van der Waals surface area contributed by atoms with E-state index in [4.69, 9.17) is 16.3 Å². The smallest absolute Gasteiger partial charge is 0.190 e. The fraction of sp³-hybridized carbons (Fsp3) is 0.444. The summed E-state index contributed by atoms with van der Waals surface area (Å²) in [5.74, 6) is 0. The van der Waals surface area contributed by atoms with Crippen molar-refractivity contribution < 1.29 is 4.74 Å². The molecular weight excluding hydrogens is 248 g/mol. The van der Waals surface area contributed by atoms with E-state index in [2.05, 4.69) is 15.1 Å². The average molecular weight is 259 g/mol. The number of hydrogen-bond acceptors (Lipinski definition) is 5. The maximum absolute atomic E-state index is 6.03. The first-order valence-electron chi connectivity index (χ1n) is 4.77. The molecule has 0 aliphatic rings. The van der Waals surface area contributed by atoms with Crippen LogP contribution in [0.25, 0.3) is 11.0 Å². The number of aromatic nitrogens is 4. The lowest BCUT2D eigenvalue weighted by molar-refractivity contribution is 0.0818. The van der Waals surface area contributed by atoms with Crippen molar-refractivity contribution in [3.05, 3.63) is 11.3 Å². The molecule has 16 heavy (non-hydrogen) atoms. The summed E-state index contributed by atoms with van der Waals surface area (Å²) < 4.78 is 6.96. The molecule has 0 saturated carbocycles. The molecule has 86 valence electrons. The summed E-state index contributed by atoms with van der Waals surface area (Å²) in [6.07, 6.45) is 3.56. The molecule has 0 atom stereocenters. The second-order valence-electron chi connectivity index (χ2n) is 3.00. The van der Waals surface area contributed by atoms with E-state index >= 15 is 0 Å². The van der Waals surface area contributed by atoms with Gasteiger partial charge in [0.15, 0.2) is 10.8 Å². The predicted octanol–water partition coefficient (Wildman–Crippen LogP) is 2.20. The van der Waals surface area contributed by atoms with Gasteiger partial charge in [-0.25, -0.2) is 14.6 Å². The molecule has 2 rings (SSSR count). The van der Waals surface area contributed by atoms with Gasteiger partial charge in [0.1, 0.15) is 11.9 Å². The summed E-state index contributed by atoms with van der Waals surface area (Å²) in [5, 5.41) is 5.98. The van der Waals surface area contributed by atoms with E-state index in [-0.39, 0.29) is 0 Å². The molecule has 0 amide bonds. The first-order chi connectivity index (χ1) is 7.76. The highest BCUT2D eigenvalue weighted by molar-refractivity contribution is 7.98. The third-order valence-corrected chi connectivity index (χ3v) is 2.87. The fourth-order valence-electron chi connectivity index (χ4n) is 1.27. The molecule has 0 spiro atoms. The normalized spacial score (nSPS) is 11.2. The molecule has 0 N–H and O–H groups in total. The minimum Gasteiger partial charge on any atom is -0.359 e. The molecular formula is C9H11ClN4OS. The molecule has 7 heteroatoms. The van der Waals surface area contributed by atoms with E-state index in [1.807, 2.05) is 13.2 Å². The summed E-state index contributed by atoms with van der Waals surface area (Å²) in [6.45, 7) is 2.94. The largest absolute Gasteiger partial charge is 0.359 e. The topological polar surface area (TPSA) is 52.8 Å². The van der Waals surface area contributed by atoms with E-state index in [1.165, 1.54) is 11.8 Å². The Morgan fingerprint density at radius 1 is 1.50 bits per heavy atom. The molecule has 0 bridgehead atoms. The maximum Gasteiger partial charge on any atom is 0.190 e. The van der Waals surface area contributed by atoms with Crippen LogP contribution in [-0.2, 0) is 11.5 Å². The van der Waals surface area contributed by atoms with Crippen LogP contribution in [0.5, 0.6) is 0 Å². The minimum atomic E-state index is 0.376. The van der Waals surface area contributed by atoms with Gasteiger partial charge in [0.2, 0.25) is 0 Å². The Labute approximate surface area is 102 Å². The summed E-state index contributed by atoms with van der Waals surface area (Å²) in [4.78, 5) is 8.49. The molecule has 0 unspecified atom stereocenters. The van der Waals surface area contributed by atoms with Crippen LogP contribution in [0.3, 0.4) is 0 Å². The third kappa shape index (κ3) is 2.14. The number of nitrogens with zero attached hydrogens (tertiary/aromatic N) is 4. The second-order valence-corrected chi connectivity index (χ2v) is 4.14.